The largest absolute Gasteiger partial charge is 0.338 e. The van der Waals surface area contributed by atoms with E-state index in [1.807, 2.05) is 0 Å². The van der Waals surface area contributed by atoms with Crippen molar-refractivity contribution in [3.05, 3.63) is 0 Å². The van der Waals surface area contributed by atoms with E-state index in [4.69, 9.17) is 0 Å². The van der Waals surface area contributed by atoms with Gasteiger partial charge < -0.3 is 10.2 Å². The Kier molecular flexibility index (Phi) is 2.66. The highest BCUT2D eigenvalue weighted by Gasteiger charge is 2.48. The van der Waals surface area contributed by atoms with Gasteiger partial charge in [0.05, 0.1) is 6.04 Å². The van der Waals surface area contributed by atoms with Crippen molar-refractivity contribution >= 4 is 5.91 Å². The normalized spacial score (nSPS) is 30.5. The van der Waals surface area contributed by atoms with Gasteiger partial charge in [0.1, 0.15) is 0 Å². The first kappa shape index (κ1) is 10.6. The van der Waals surface area contributed by atoms with E-state index in [0.29, 0.717) is 11.9 Å². The highest BCUT2D eigenvalue weighted by Crippen LogP contribution is 2.48. The summed E-state index contributed by atoms with van der Waals surface area (Å²) in [4.78, 5) is 14.5. The average Bonchev–Trinajstić information content (AvgIpc) is 3.13. The van der Waals surface area contributed by atoms with Crippen molar-refractivity contribution in [2.24, 2.45) is 11.8 Å². The van der Waals surface area contributed by atoms with Crippen molar-refractivity contribution in [2.45, 2.75) is 51.1 Å². The van der Waals surface area contributed by atoms with Crippen LogP contribution in [0.1, 0.15) is 39.0 Å². The lowest BCUT2D eigenvalue weighted by molar-refractivity contribution is -0.132. The number of likely N-dealkylation sites (N-methyl/N-ethyl adjacent to an activating group) is 1. The summed E-state index contributed by atoms with van der Waals surface area (Å²) in [5.74, 6) is 2.07. The molecule has 1 aliphatic heterocycles. The summed E-state index contributed by atoms with van der Waals surface area (Å²) in [6.07, 6.45) is 6.45. The van der Waals surface area contributed by atoms with Gasteiger partial charge in [0.25, 0.3) is 0 Å². The quantitative estimate of drug-likeness (QED) is 0.762. The van der Waals surface area contributed by atoms with Crippen LogP contribution in [0.15, 0.2) is 0 Å². The summed E-state index contributed by atoms with van der Waals surface area (Å²) in [6, 6.07) is 0.723. The molecular weight excluding hydrogens is 200 g/mol. The molecule has 2 aliphatic carbocycles. The molecule has 3 nitrogen and oxygen atoms in total. The van der Waals surface area contributed by atoms with Gasteiger partial charge in [-0.25, -0.2) is 0 Å². The molecule has 90 valence electrons. The van der Waals surface area contributed by atoms with Crippen LogP contribution in [0.4, 0.5) is 0 Å². The van der Waals surface area contributed by atoms with Crippen LogP contribution in [0.3, 0.4) is 0 Å². The molecule has 16 heavy (non-hydrogen) atoms. The molecule has 0 radical (unpaired) electrons. The van der Waals surface area contributed by atoms with Gasteiger partial charge in [-0.05, 0) is 50.5 Å². The number of carbonyl (C=O) groups excluding carboxylic acids is 1. The van der Waals surface area contributed by atoms with Gasteiger partial charge in [-0.1, -0.05) is 6.92 Å². The lowest BCUT2D eigenvalue weighted by Crippen LogP contribution is -2.44. The molecule has 3 aliphatic rings. The standard InChI is InChI=1S/C13H22N2O/c1-2-14-11-7-8-15(13(11)16)12(9-3-4-9)10-5-6-10/h9-12,14H,2-8H2,1H3. The van der Waals surface area contributed by atoms with Gasteiger partial charge in [0.2, 0.25) is 5.91 Å². The van der Waals surface area contributed by atoms with Gasteiger partial charge in [-0.2, -0.15) is 0 Å². The lowest BCUT2D eigenvalue weighted by Gasteiger charge is -2.28. The first-order chi connectivity index (χ1) is 7.81. The number of likely N-dealkylation sites (tertiary alicyclic amines) is 1. The number of nitrogens with zero attached hydrogens (tertiary/aromatic N) is 1. The van der Waals surface area contributed by atoms with Crippen molar-refractivity contribution in [3.8, 4) is 0 Å². The molecule has 1 heterocycles. The van der Waals surface area contributed by atoms with E-state index >= 15 is 0 Å². The monoisotopic (exact) mass is 222 g/mol. The zero-order valence-electron chi connectivity index (χ0n) is 10.1. The Hall–Kier alpha value is -0.570. The van der Waals surface area contributed by atoms with Crippen LogP contribution >= 0.6 is 0 Å². The summed E-state index contributed by atoms with van der Waals surface area (Å²) in [6.45, 7) is 3.98. The Morgan fingerprint density at radius 2 is 1.88 bits per heavy atom. The van der Waals surface area contributed by atoms with Crippen molar-refractivity contribution in [1.29, 1.82) is 0 Å². The molecule has 0 spiro atoms. The van der Waals surface area contributed by atoms with E-state index in [-0.39, 0.29) is 6.04 Å². The van der Waals surface area contributed by atoms with Crippen LogP contribution in [0.5, 0.6) is 0 Å². The van der Waals surface area contributed by atoms with Crippen LogP contribution in [-0.4, -0.2) is 36.0 Å². The molecule has 1 saturated heterocycles. The summed E-state index contributed by atoms with van der Waals surface area (Å²) in [5.41, 5.74) is 0. The predicted octanol–water partition coefficient (Wildman–Crippen LogP) is 1.39. The predicted molar refractivity (Wildman–Crippen MR) is 63.0 cm³/mol. The van der Waals surface area contributed by atoms with Gasteiger partial charge in [0.15, 0.2) is 0 Å². The number of hydrogen-bond donors (Lipinski definition) is 1. The average molecular weight is 222 g/mol. The maximum absolute atomic E-state index is 12.3. The summed E-state index contributed by atoms with van der Waals surface area (Å²) in [7, 11) is 0. The third kappa shape index (κ3) is 1.86. The van der Waals surface area contributed by atoms with Gasteiger partial charge >= 0.3 is 0 Å². The fourth-order valence-electron chi connectivity index (χ4n) is 3.20. The van der Waals surface area contributed by atoms with Gasteiger partial charge in [-0.15, -0.1) is 0 Å². The maximum atomic E-state index is 12.3. The smallest absolute Gasteiger partial charge is 0.240 e. The minimum atomic E-state index is 0.116. The van der Waals surface area contributed by atoms with E-state index in [0.717, 1.165) is 31.3 Å². The molecule has 3 rings (SSSR count). The van der Waals surface area contributed by atoms with Gasteiger partial charge in [-0.3, -0.25) is 4.79 Å². The Balaban J connectivity index is 1.67. The van der Waals surface area contributed by atoms with Crippen LogP contribution in [0.25, 0.3) is 0 Å². The van der Waals surface area contributed by atoms with Crippen molar-refractivity contribution in [2.75, 3.05) is 13.1 Å². The second kappa shape index (κ2) is 4.02. The summed E-state index contributed by atoms with van der Waals surface area (Å²) < 4.78 is 0. The molecule has 0 aromatic heterocycles. The number of hydrogen-bond acceptors (Lipinski definition) is 2. The first-order valence-electron chi connectivity index (χ1n) is 6.85. The molecule has 0 aromatic carbocycles. The second-order valence-corrected chi connectivity index (χ2v) is 5.60. The number of carbonyl (C=O) groups is 1. The zero-order valence-corrected chi connectivity index (χ0v) is 10.1. The molecule has 3 fully saturated rings. The molecule has 1 amide bonds. The van der Waals surface area contributed by atoms with Crippen molar-refractivity contribution in [1.82, 2.24) is 10.2 Å². The molecular formula is C13H22N2O. The van der Waals surface area contributed by atoms with Crippen LogP contribution in [-0.2, 0) is 4.79 Å². The molecule has 1 unspecified atom stereocenters. The lowest BCUT2D eigenvalue weighted by atomic mass is 10.1. The van der Waals surface area contributed by atoms with E-state index in [2.05, 4.69) is 17.1 Å². The number of amides is 1. The highest BCUT2D eigenvalue weighted by atomic mass is 16.2. The minimum absolute atomic E-state index is 0.116. The fourth-order valence-corrected chi connectivity index (χ4v) is 3.20. The van der Waals surface area contributed by atoms with Crippen molar-refractivity contribution < 1.29 is 4.79 Å². The van der Waals surface area contributed by atoms with E-state index < -0.39 is 0 Å². The SMILES string of the molecule is CCNC1CCN(C(C2CC2)C2CC2)C1=O. The summed E-state index contributed by atoms with van der Waals surface area (Å²) in [5, 5.41) is 3.31. The Labute approximate surface area is 97.6 Å². The van der Waals surface area contributed by atoms with Crippen LogP contribution in [0, 0.1) is 11.8 Å². The number of rotatable bonds is 5. The third-order valence-corrected chi connectivity index (χ3v) is 4.26. The van der Waals surface area contributed by atoms with E-state index in [1.165, 1.54) is 25.7 Å². The topological polar surface area (TPSA) is 32.3 Å². The summed E-state index contributed by atoms with van der Waals surface area (Å²) >= 11 is 0. The molecule has 1 atom stereocenters. The van der Waals surface area contributed by atoms with E-state index in [1.54, 1.807) is 0 Å². The van der Waals surface area contributed by atoms with E-state index in [9.17, 15) is 4.79 Å². The highest BCUT2D eigenvalue weighted by molar-refractivity contribution is 5.84. The third-order valence-electron chi connectivity index (χ3n) is 4.26. The molecule has 0 bridgehead atoms. The Morgan fingerprint density at radius 1 is 1.25 bits per heavy atom. The van der Waals surface area contributed by atoms with Crippen LogP contribution in [0.2, 0.25) is 0 Å². The van der Waals surface area contributed by atoms with Crippen molar-refractivity contribution in [3.63, 3.8) is 0 Å². The Bertz CT molecular complexity index is 272. The fraction of sp³-hybridized carbons (Fsp3) is 0.923. The molecule has 1 N–H and O–H groups in total. The number of nitrogens with one attached hydrogen (secondary N) is 1. The minimum Gasteiger partial charge on any atom is -0.338 e. The maximum Gasteiger partial charge on any atom is 0.240 e. The van der Waals surface area contributed by atoms with Gasteiger partial charge in [0, 0.05) is 12.6 Å². The zero-order chi connectivity index (χ0) is 11.1. The molecule has 2 saturated carbocycles. The Morgan fingerprint density at radius 3 is 2.38 bits per heavy atom. The molecule has 0 aromatic rings. The molecule has 3 heteroatoms. The second-order valence-electron chi connectivity index (χ2n) is 5.60. The first-order valence-corrected chi connectivity index (χ1v) is 6.85. The van der Waals surface area contributed by atoms with Crippen LogP contribution < -0.4 is 5.32 Å².